The molecule has 1 N–H and O–H groups in total. The molecule has 8 nitrogen and oxygen atoms in total. The minimum Gasteiger partial charge on any atom is -0.489 e. The summed E-state index contributed by atoms with van der Waals surface area (Å²) in [6.45, 7) is 8.77. The van der Waals surface area contributed by atoms with Crippen LogP contribution in [0.5, 0.6) is 5.75 Å². The second-order valence-electron chi connectivity index (χ2n) is 11.2. The molecule has 0 saturated carbocycles. The van der Waals surface area contributed by atoms with Gasteiger partial charge in [-0.25, -0.2) is 14.4 Å². The summed E-state index contributed by atoms with van der Waals surface area (Å²) in [6.07, 6.45) is 5.70. The molecule has 5 aromatic rings. The highest BCUT2D eigenvalue weighted by Gasteiger charge is 2.26. The Morgan fingerprint density at radius 1 is 1.02 bits per heavy atom. The number of aryl methyl sites for hydroxylation is 3. The zero-order valence-electron chi connectivity index (χ0n) is 23.9. The number of hydrogen-bond acceptors (Lipinski definition) is 8. The lowest BCUT2D eigenvalue weighted by atomic mass is 9.95. The summed E-state index contributed by atoms with van der Waals surface area (Å²) in [5.74, 6) is 1.32. The smallest absolute Gasteiger partial charge is 0.142 e. The van der Waals surface area contributed by atoms with Gasteiger partial charge in [-0.15, -0.1) is 11.3 Å². The number of benzene rings is 2. The zero-order chi connectivity index (χ0) is 28.6. The summed E-state index contributed by atoms with van der Waals surface area (Å²) in [5, 5.41) is 9.61. The van der Waals surface area contributed by atoms with Crippen LogP contribution in [0, 0.1) is 12.7 Å². The molecule has 3 aromatic heterocycles. The molecule has 0 spiro atoms. The molecule has 7 rings (SSSR count). The molecule has 2 aliphatic rings. The number of rotatable bonds is 8. The monoisotopic (exact) mass is 583 g/mol. The number of likely N-dealkylation sites (N-methyl/N-ethyl adjacent to an activating group) is 1. The highest BCUT2D eigenvalue weighted by atomic mass is 32.1. The van der Waals surface area contributed by atoms with Gasteiger partial charge in [0.15, 0.2) is 0 Å². The zero-order valence-corrected chi connectivity index (χ0v) is 24.8. The van der Waals surface area contributed by atoms with Crippen molar-refractivity contribution in [1.29, 1.82) is 0 Å². The van der Waals surface area contributed by atoms with Crippen LogP contribution in [0.3, 0.4) is 0 Å². The lowest BCUT2D eigenvalue weighted by Gasteiger charge is -2.32. The maximum absolute atomic E-state index is 13.5. The third kappa shape index (κ3) is 5.49. The van der Waals surface area contributed by atoms with E-state index < -0.39 is 0 Å². The summed E-state index contributed by atoms with van der Waals surface area (Å²) in [5.41, 5.74) is 6.43. The van der Waals surface area contributed by atoms with Gasteiger partial charge in [-0.3, -0.25) is 9.58 Å². The number of halogens is 1. The molecule has 42 heavy (non-hydrogen) atoms. The Morgan fingerprint density at radius 3 is 2.74 bits per heavy atom. The van der Waals surface area contributed by atoms with Crippen LogP contribution in [0.2, 0.25) is 0 Å². The first-order valence-corrected chi connectivity index (χ1v) is 15.3. The number of ether oxygens (including phenoxy) is 1. The third-order valence-corrected chi connectivity index (χ3v) is 9.42. The van der Waals surface area contributed by atoms with Crippen molar-refractivity contribution in [2.45, 2.75) is 32.9 Å². The topological polar surface area (TPSA) is 71.3 Å². The van der Waals surface area contributed by atoms with Crippen molar-refractivity contribution >= 4 is 33.1 Å². The van der Waals surface area contributed by atoms with Gasteiger partial charge in [-0.1, -0.05) is 12.1 Å². The van der Waals surface area contributed by atoms with Crippen LogP contribution in [-0.4, -0.2) is 69.3 Å². The van der Waals surface area contributed by atoms with Crippen molar-refractivity contribution in [2.75, 3.05) is 45.1 Å². The fourth-order valence-corrected chi connectivity index (χ4v) is 7.09. The maximum Gasteiger partial charge on any atom is 0.142 e. The molecule has 216 valence electrons. The van der Waals surface area contributed by atoms with Gasteiger partial charge in [-0.05, 0) is 73.8 Å². The number of hydrogen-bond donors (Lipinski definition) is 1. The molecule has 1 saturated heterocycles. The van der Waals surface area contributed by atoms with Crippen LogP contribution < -0.4 is 10.1 Å². The van der Waals surface area contributed by atoms with Gasteiger partial charge in [0, 0.05) is 55.0 Å². The first kappa shape index (κ1) is 27.0. The number of anilines is 2. The van der Waals surface area contributed by atoms with E-state index in [1.54, 1.807) is 23.7 Å². The van der Waals surface area contributed by atoms with Gasteiger partial charge >= 0.3 is 0 Å². The standard InChI is InChI=1S/C32H34FN7OS/c1-21-16-24(6-9-28(21)41-19-22-4-3-5-23(33)17-22)36-31-29-25-7-8-27-26(30(25)42-32(29)35-20-34-31)18-40(37-27)15-14-39-12-10-38(2)11-13-39/h3-6,9,16-18,20H,7-8,10-15,19H2,1-2H3,(H,34,35,36). The van der Waals surface area contributed by atoms with Gasteiger partial charge in [0.1, 0.15) is 35.1 Å². The van der Waals surface area contributed by atoms with Gasteiger partial charge in [0.05, 0.1) is 17.6 Å². The van der Waals surface area contributed by atoms with Gasteiger partial charge in [0.25, 0.3) is 0 Å². The number of nitrogens with zero attached hydrogens (tertiary/aromatic N) is 6. The minimum atomic E-state index is -0.259. The second kappa shape index (κ2) is 11.4. The lowest BCUT2D eigenvalue weighted by Crippen LogP contribution is -2.45. The maximum atomic E-state index is 13.5. The number of fused-ring (bicyclic) bond motifs is 5. The Kier molecular flexibility index (Phi) is 7.35. The molecule has 10 heteroatoms. The Bertz CT molecular complexity index is 1740. The van der Waals surface area contributed by atoms with Crippen molar-refractivity contribution < 1.29 is 9.13 Å². The van der Waals surface area contributed by atoms with E-state index in [-0.39, 0.29) is 5.82 Å². The van der Waals surface area contributed by atoms with Crippen molar-refractivity contribution in [3.8, 4) is 16.2 Å². The molecular weight excluding hydrogens is 549 g/mol. The number of thiophene rings is 1. The highest BCUT2D eigenvalue weighted by molar-refractivity contribution is 7.22. The highest BCUT2D eigenvalue weighted by Crippen LogP contribution is 2.45. The SMILES string of the molecule is Cc1cc(Nc2ncnc3sc4c(c23)CCc2nn(CCN3CCN(C)CC3)cc2-4)ccc1OCc1cccc(F)c1. The molecule has 1 fully saturated rings. The summed E-state index contributed by atoms with van der Waals surface area (Å²) < 4.78 is 21.6. The molecule has 0 amide bonds. The third-order valence-electron chi connectivity index (χ3n) is 8.24. The van der Waals surface area contributed by atoms with Crippen LogP contribution in [-0.2, 0) is 26.0 Å². The van der Waals surface area contributed by atoms with Crippen molar-refractivity contribution in [3.63, 3.8) is 0 Å². The molecule has 2 aromatic carbocycles. The molecule has 1 aliphatic heterocycles. The number of nitrogens with one attached hydrogen (secondary N) is 1. The summed E-state index contributed by atoms with van der Waals surface area (Å²) in [6, 6.07) is 12.5. The Hall–Kier alpha value is -3.86. The molecule has 0 radical (unpaired) electrons. The Balaban J connectivity index is 1.09. The number of aromatic nitrogens is 4. The average molecular weight is 584 g/mol. The number of piperazine rings is 1. The van der Waals surface area contributed by atoms with Gasteiger partial charge < -0.3 is 15.0 Å². The second-order valence-corrected chi connectivity index (χ2v) is 12.2. The van der Waals surface area contributed by atoms with Gasteiger partial charge in [0.2, 0.25) is 0 Å². The van der Waals surface area contributed by atoms with Crippen molar-refractivity contribution in [2.24, 2.45) is 0 Å². The summed E-state index contributed by atoms with van der Waals surface area (Å²) in [4.78, 5) is 16.5. The predicted octanol–water partition coefficient (Wildman–Crippen LogP) is 5.67. The summed E-state index contributed by atoms with van der Waals surface area (Å²) >= 11 is 1.73. The van der Waals surface area contributed by atoms with Crippen LogP contribution in [0.1, 0.15) is 22.4 Å². The van der Waals surface area contributed by atoms with E-state index in [4.69, 9.17) is 9.84 Å². The van der Waals surface area contributed by atoms with E-state index in [0.29, 0.717) is 6.61 Å². The largest absolute Gasteiger partial charge is 0.489 e. The first-order chi connectivity index (χ1) is 20.5. The quantitative estimate of drug-likeness (QED) is 0.252. The predicted molar refractivity (Wildman–Crippen MR) is 165 cm³/mol. The average Bonchev–Trinajstić information content (AvgIpc) is 3.58. The van der Waals surface area contributed by atoms with Crippen LogP contribution in [0.15, 0.2) is 55.0 Å². The normalized spacial score (nSPS) is 15.5. The Labute approximate surface area is 248 Å². The van der Waals surface area contributed by atoms with E-state index in [9.17, 15) is 4.39 Å². The van der Waals surface area contributed by atoms with Crippen LogP contribution >= 0.6 is 11.3 Å². The fraction of sp³-hybridized carbons (Fsp3) is 0.344. The van der Waals surface area contributed by atoms with Crippen molar-refractivity contribution in [3.05, 3.63) is 83.2 Å². The van der Waals surface area contributed by atoms with E-state index in [1.165, 1.54) is 33.8 Å². The van der Waals surface area contributed by atoms with Crippen LogP contribution in [0.4, 0.5) is 15.9 Å². The van der Waals surface area contributed by atoms with E-state index >= 15 is 0 Å². The first-order valence-electron chi connectivity index (χ1n) is 14.5. The minimum absolute atomic E-state index is 0.259. The van der Waals surface area contributed by atoms with Gasteiger partial charge in [-0.2, -0.15) is 5.10 Å². The molecule has 1 aliphatic carbocycles. The Morgan fingerprint density at radius 2 is 1.90 bits per heavy atom. The summed E-state index contributed by atoms with van der Waals surface area (Å²) in [7, 11) is 2.19. The lowest BCUT2D eigenvalue weighted by molar-refractivity contribution is 0.148. The fourth-order valence-electron chi connectivity index (χ4n) is 5.86. The molecule has 0 bridgehead atoms. The van der Waals surface area contributed by atoms with E-state index in [0.717, 1.165) is 90.7 Å². The van der Waals surface area contributed by atoms with E-state index in [2.05, 4.69) is 49.1 Å². The van der Waals surface area contributed by atoms with Crippen molar-refractivity contribution in [1.82, 2.24) is 29.5 Å². The van der Waals surface area contributed by atoms with E-state index in [1.807, 2.05) is 25.1 Å². The van der Waals surface area contributed by atoms with Crippen LogP contribution in [0.25, 0.3) is 20.7 Å². The molecule has 0 unspecified atom stereocenters. The molecule has 4 heterocycles. The molecule has 0 atom stereocenters. The molecular formula is C32H34FN7OS.